The lowest BCUT2D eigenvalue weighted by atomic mass is 9.98. The van der Waals surface area contributed by atoms with Crippen LogP contribution in [0.3, 0.4) is 0 Å². The quantitative estimate of drug-likeness (QED) is 0.402. The number of aryl methyl sites for hydroxylation is 1. The van der Waals surface area contributed by atoms with Crippen molar-refractivity contribution in [2.75, 3.05) is 20.3 Å². The number of hydrogen-bond donors (Lipinski definition) is 3. The number of carbonyl (C=O) groups excluding carboxylic acids is 4. The molecule has 35 heavy (non-hydrogen) atoms. The topological polar surface area (TPSA) is 134 Å². The number of benzene rings is 1. The lowest BCUT2D eigenvalue weighted by Crippen LogP contribution is -2.56. The second kappa shape index (κ2) is 13.7. The van der Waals surface area contributed by atoms with Gasteiger partial charge in [0.25, 0.3) is 0 Å². The van der Waals surface area contributed by atoms with Crippen molar-refractivity contribution in [1.29, 1.82) is 0 Å². The van der Waals surface area contributed by atoms with Gasteiger partial charge in [-0.2, -0.15) is 0 Å². The molecule has 0 saturated carbocycles. The number of aliphatic hydroxyl groups is 1. The van der Waals surface area contributed by atoms with E-state index in [1.165, 1.54) is 12.0 Å². The van der Waals surface area contributed by atoms with Crippen molar-refractivity contribution in [3.05, 3.63) is 35.4 Å². The summed E-state index contributed by atoms with van der Waals surface area (Å²) in [5.41, 5.74) is 0.761. The van der Waals surface area contributed by atoms with E-state index < -0.39 is 54.2 Å². The van der Waals surface area contributed by atoms with Crippen molar-refractivity contribution in [2.45, 2.75) is 78.1 Å². The molecule has 0 saturated heterocycles. The molecule has 0 aliphatic carbocycles. The van der Waals surface area contributed by atoms with Gasteiger partial charge in [0.2, 0.25) is 11.8 Å². The fraction of sp³-hybridized carbons (Fsp3) is 0.600. The molecule has 0 spiro atoms. The van der Waals surface area contributed by atoms with Crippen molar-refractivity contribution >= 4 is 23.9 Å². The molecule has 0 aliphatic heterocycles. The third kappa shape index (κ3) is 9.20. The average Bonchev–Trinajstić information content (AvgIpc) is 2.82. The van der Waals surface area contributed by atoms with E-state index in [0.717, 1.165) is 12.0 Å². The van der Waals surface area contributed by atoms with Gasteiger partial charge in [0.15, 0.2) is 0 Å². The van der Waals surface area contributed by atoms with E-state index in [-0.39, 0.29) is 6.54 Å². The van der Waals surface area contributed by atoms with Crippen LogP contribution in [0.15, 0.2) is 24.3 Å². The fourth-order valence-electron chi connectivity index (χ4n) is 3.31. The Kier molecular flexibility index (Phi) is 11.7. The minimum absolute atomic E-state index is 0.374. The monoisotopic (exact) mass is 493 g/mol. The van der Waals surface area contributed by atoms with Crippen LogP contribution in [0.1, 0.15) is 65.1 Å². The van der Waals surface area contributed by atoms with E-state index in [9.17, 15) is 24.3 Å². The summed E-state index contributed by atoms with van der Waals surface area (Å²) in [6.45, 7) is 9.57. The summed E-state index contributed by atoms with van der Waals surface area (Å²) in [5.74, 6) is -1.90. The minimum atomic E-state index is -1.34. The third-order valence-corrected chi connectivity index (χ3v) is 5.36. The summed E-state index contributed by atoms with van der Waals surface area (Å²) in [5, 5.41) is 14.9. The highest BCUT2D eigenvalue weighted by Gasteiger charge is 2.38. The molecular formula is C25H39N3O7. The number of methoxy groups -OCH3 is 1. The molecule has 3 amide bonds. The van der Waals surface area contributed by atoms with Crippen molar-refractivity contribution in [2.24, 2.45) is 0 Å². The normalized spacial score (nSPS) is 13.7. The smallest absolute Gasteiger partial charge is 0.408 e. The zero-order valence-corrected chi connectivity index (χ0v) is 21.7. The number of alkyl carbamates (subject to hydrolysis) is 1. The first-order chi connectivity index (χ1) is 16.4. The number of nitrogens with one attached hydrogen (secondary N) is 2. The Morgan fingerprint density at radius 1 is 1.09 bits per heavy atom. The number of nitrogens with zero attached hydrogens (tertiary/aromatic N) is 1. The summed E-state index contributed by atoms with van der Waals surface area (Å²) in [6, 6.07) is 4.30. The summed E-state index contributed by atoms with van der Waals surface area (Å²) >= 11 is 0. The van der Waals surface area contributed by atoms with Gasteiger partial charge in [-0.25, -0.2) is 4.79 Å². The van der Waals surface area contributed by atoms with E-state index in [1.807, 2.05) is 26.0 Å². The maximum atomic E-state index is 13.6. The van der Waals surface area contributed by atoms with Crippen LogP contribution in [0.2, 0.25) is 0 Å². The van der Waals surface area contributed by atoms with Crippen LogP contribution in [-0.2, 0) is 30.3 Å². The van der Waals surface area contributed by atoms with Crippen molar-refractivity contribution in [3.63, 3.8) is 0 Å². The lowest BCUT2D eigenvalue weighted by molar-refractivity contribution is -0.147. The molecule has 10 heteroatoms. The average molecular weight is 494 g/mol. The summed E-state index contributed by atoms with van der Waals surface area (Å²) in [4.78, 5) is 52.2. The molecule has 3 unspecified atom stereocenters. The van der Waals surface area contributed by atoms with Gasteiger partial charge in [0.05, 0.1) is 13.7 Å². The van der Waals surface area contributed by atoms with Gasteiger partial charge in [-0.05, 0) is 51.7 Å². The Morgan fingerprint density at radius 2 is 1.69 bits per heavy atom. The fourth-order valence-corrected chi connectivity index (χ4v) is 3.31. The van der Waals surface area contributed by atoms with E-state index in [1.54, 1.807) is 39.8 Å². The molecular weight excluding hydrogens is 454 g/mol. The van der Waals surface area contributed by atoms with Crippen molar-refractivity contribution in [3.8, 4) is 0 Å². The molecule has 0 fully saturated rings. The summed E-state index contributed by atoms with van der Waals surface area (Å²) in [7, 11) is 1.21. The maximum absolute atomic E-state index is 13.6. The number of carbonyl (C=O) groups is 4. The molecule has 3 N–H and O–H groups in total. The highest BCUT2D eigenvalue weighted by Crippen LogP contribution is 2.26. The van der Waals surface area contributed by atoms with Crippen LogP contribution in [0, 0.1) is 0 Å². The van der Waals surface area contributed by atoms with E-state index in [4.69, 9.17) is 4.74 Å². The Hall–Kier alpha value is -3.14. The molecule has 1 aromatic rings. The molecule has 0 heterocycles. The first-order valence-electron chi connectivity index (χ1n) is 11.7. The van der Waals surface area contributed by atoms with Gasteiger partial charge >= 0.3 is 12.1 Å². The second-order valence-corrected chi connectivity index (χ2v) is 9.18. The van der Waals surface area contributed by atoms with Crippen LogP contribution >= 0.6 is 0 Å². The Balaban J connectivity index is 3.42. The van der Waals surface area contributed by atoms with Crippen LogP contribution in [0.4, 0.5) is 4.79 Å². The van der Waals surface area contributed by atoms with Gasteiger partial charge in [-0.1, -0.05) is 38.1 Å². The molecule has 0 bridgehead atoms. The predicted molar refractivity (Wildman–Crippen MR) is 130 cm³/mol. The van der Waals surface area contributed by atoms with Crippen molar-refractivity contribution in [1.82, 2.24) is 15.5 Å². The zero-order chi connectivity index (χ0) is 26.8. The molecule has 0 radical (unpaired) electrons. The molecule has 0 aliphatic rings. The largest absolute Gasteiger partial charge is 0.468 e. The highest BCUT2D eigenvalue weighted by atomic mass is 16.6. The molecule has 0 aromatic heterocycles. The van der Waals surface area contributed by atoms with E-state index in [0.29, 0.717) is 12.0 Å². The SMILES string of the molecule is CCc1ccc(C(C(=O)NCC(=O)OC)N(C(=O)C(CO)NC(=O)OC(C)(C)C)C(C)CC)cc1. The number of amides is 3. The van der Waals surface area contributed by atoms with Gasteiger partial charge in [-0.15, -0.1) is 0 Å². The Bertz CT molecular complexity index is 865. The molecule has 196 valence electrons. The van der Waals surface area contributed by atoms with Crippen LogP contribution < -0.4 is 10.6 Å². The molecule has 3 atom stereocenters. The third-order valence-electron chi connectivity index (χ3n) is 5.36. The summed E-state index contributed by atoms with van der Waals surface area (Å²) < 4.78 is 9.82. The minimum Gasteiger partial charge on any atom is -0.468 e. The molecule has 1 rings (SSSR count). The van der Waals surface area contributed by atoms with Gasteiger partial charge in [0.1, 0.15) is 24.2 Å². The van der Waals surface area contributed by atoms with Crippen molar-refractivity contribution < 1.29 is 33.8 Å². The van der Waals surface area contributed by atoms with Crippen LogP contribution in [0.25, 0.3) is 0 Å². The number of rotatable bonds is 11. The first-order valence-corrected chi connectivity index (χ1v) is 11.7. The van der Waals surface area contributed by atoms with Gasteiger partial charge in [-0.3, -0.25) is 14.4 Å². The Labute approximate surface area is 207 Å². The standard InChI is InChI=1S/C25H39N3O7/c1-8-16(3)28(23(32)19(15-29)27-24(33)35-25(4,5)6)21(22(31)26-14-20(30)34-7)18-12-10-17(9-2)11-13-18/h10-13,16,19,21,29H,8-9,14-15H2,1-7H3,(H,26,31)(H,27,33). The molecule has 1 aromatic carbocycles. The number of aliphatic hydroxyl groups excluding tert-OH is 1. The van der Waals surface area contributed by atoms with E-state index in [2.05, 4.69) is 15.4 Å². The molecule has 10 nitrogen and oxygen atoms in total. The van der Waals surface area contributed by atoms with Gasteiger partial charge < -0.3 is 30.1 Å². The second-order valence-electron chi connectivity index (χ2n) is 9.18. The summed E-state index contributed by atoms with van der Waals surface area (Å²) in [6.07, 6.45) is 0.414. The number of esters is 1. The Morgan fingerprint density at radius 3 is 2.14 bits per heavy atom. The van der Waals surface area contributed by atoms with Crippen LogP contribution in [-0.4, -0.2) is 71.8 Å². The maximum Gasteiger partial charge on any atom is 0.408 e. The lowest BCUT2D eigenvalue weighted by Gasteiger charge is -2.38. The predicted octanol–water partition coefficient (Wildman–Crippen LogP) is 2.09. The number of ether oxygens (including phenoxy) is 2. The number of hydrogen-bond acceptors (Lipinski definition) is 7. The highest BCUT2D eigenvalue weighted by molar-refractivity contribution is 5.93. The van der Waals surface area contributed by atoms with E-state index >= 15 is 0 Å². The van der Waals surface area contributed by atoms with Crippen LogP contribution in [0.5, 0.6) is 0 Å². The first kappa shape index (κ1) is 29.9. The zero-order valence-electron chi connectivity index (χ0n) is 21.7. The van der Waals surface area contributed by atoms with Gasteiger partial charge in [0, 0.05) is 6.04 Å².